The van der Waals surface area contributed by atoms with Crippen molar-refractivity contribution in [2.75, 3.05) is 0 Å². The van der Waals surface area contributed by atoms with Crippen LogP contribution in [0.15, 0.2) is 59.5 Å². The highest BCUT2D eigenvalue weighted by molar-refractivity contribution is 5.62. The van der Waals surface area contributed by atoms with Gasteiger partial charge in [-0.25, -0.2) is 0 Å². The number of nitrogens with one attached hydrogen (secondary N) is 1. The molecule has 0 radical (unpaired) electrons. The SMILES string of the molecule is OC(Cc1ccoc1)c1cn[nH]c1-c1ccccc1. The molecule has 4 heteroatoms. The summed E-state index contributed by atoms with van der Waals surface area (Å²) in [5.74, 6) is 0. The summed E-state index contributed by atoms with van der Waals surface area (Å²) in [7, 11) is 0. The van der Waals surface area contributed by atoms with Crippen LogP contribution in [0, 0.1) is 0 Å². The Hall–Kier alpha value is -2.33. The molecule has 1 atom stereocenters. The molecule has 0 bridgehead atoms. The fraction of sp³-hybridized carbons (Fsp3) is 0.133. The van der Waals surface area contributed by atoms with Gasteiger partial charge in [-0.3, -0.25) is 5.10 Å². The molecular weight excluding hydrogens is 240 g/mol. The highest BCUT2D eigenvalue weighted by Gasteiger charge is 2.16. The second-order valence-corrected chi connectivity index (χ2v) is 4.42. The van der Waals surface area contributed by atoms with Crippen molar-refractivity contribution in [2.45, 2.75) is 12.5 Å². The van der Waals surface area contributed by atoms with Gasteiger partial charge in [0.15, 0.2) is 0 Å². The van der Waals surface area contributed by atoms with E-state index < -0.39 is 6.10 Å². The minimum Gasteiger partial charge on any atom is -0.472 e. The van der Waals surface area contributed by atoms with Gasteiger partial charge in [-0.2, -0.15) is 5.10 Å². The molecule has 0 spiro atoms. The fourth-order valence-electron chi connectivity index (χ4n) is 2.13. The smallest absolute Gasteiger partial charge is 0.0935 e. The Morgan fingerprint density at radius 1 is 1.21 bits per heavy atom. The van der Waals surface area contributed by atoms with Crippen molar-refractivity contribution in [3.63, 3.8) is 0 Å². The summed E-state index contributed by atoms with van der Waals surface area (Å²) in [6.45, 7) is 0. The third-order valence-corrected chi connectivity index (χ3v) is 3.10. The van der Waals surface area contributed by atoms with Gasteiger partial charge in [-0.05, 0) is 17.2 Å². The quantitative estimate of drug-likeness (QED) is 0.752. The number of hydrogen-bond donors (Lipinski definition) is 2. The number of furan rings is 1. The predicted octanol–water partition coefficient (Wildman–Crippen LogP) is 2.95. The second kappa shape index (κ2) is 5.12. The van der Waals surface area contributed by atoms with Gasteiger partial charge in [-0.1, -0.05) is 30.3 Å². The molecule has 0 aliphatic rings. The first-order valence-electron chi connectivity index (χ1n) is 6.12. The van der Waals surface area contributed by atoms with Crippen molar-refractivity contribution in [3.05, 3.63) is 66.2 Å². The summed E-state index contributed by atoms with van der Waals surface area (Å²) >= 11 is 0. The highest BCUT2D eigenvalue weighted by atomic mass is 16.3. The van der Waals surface area contributed by atoms with Crippen molar-refractivity contribution >= 4 is 0 Å². The molecule has 3 rings (SSSR count). The molecule has 0 fully saturated rings. The van der Waals surface area contributed by atoms with E-state index in [2.05, 4.69) is 10.2 Å². The minimum absolute atomic E-state index is 0.510. The van der Waals surface area contributed by atoms with Crippen molar-refractivity contribution in [3.8, 4) is 11.3 Å². The van der Waals surface area contributed by atoms with Gasteiger partial charge in [0.1, 0.15) is 0 Å². The van der Waals surface area contributed by atoms with Crippen LogP contribution >= 0.6 is 0 Å². The van der Waals surface area contributed by atoms with Crippen LogP contribution in [-0.2, 0) is 6.42 Å². The average molecular weight is 254 g/mol. The van der Waals surface area contributed by atoms with E-state index in [1.165, 1.54) is 0 Å². The zero-order valence-electron chi connectivity index (χ0n) is 10.3. The first-order valence-corrected chi connectivity index (χ1v) is 6.12. The molecule has 2 N–H and O–H groups in total. The Kier molecular flexibility index (Phi) is 3.16. The van der Waals surface area contributed by atoms with Crippen LogP contribution in [0.4, 0.5) is 0 Å². The summed E-state index contributed by atoms with van der Waals surface area (Å²) in [5.41, 5.74) is 3.64. The maximum atomic E-state index is 10.3. The molecule has 19 heavy (non-hydrogen) atoms. The number of aromatic nitrogens is 2. The average Bonchev–Trinajstić information content (AvgIpc) is 3.10. The number of nitrogens with zero attached hydrogens (tertiary/aromatic N) is 1. The Morgan fingerprint density at radius 3 is 2.79 bits per heavy atom. The van der Waals surface area contributed by atoms with E-state index in [1.807, 2.05) is 36.4 Å². The van der Waals surface area contributed by atoms with Crippen LogP contribution in [0.1, 0.15) is 17.2 Å². The third kappa shape index (κ3) is 2.44. The summed E-state index contributed by atoms with van der Waals surface area (Å²) < 4.78 is 5.01. The van der Waals surface area contributed by atoms with Crippen LogP contribution in [-0.4, -0.2) is 15.3 Å². The van der Waals surface area contributed by atoms with E-state index in [4.69, 9.17) is 4.42 Å². The standard InChI is InChI=1S/C15H14N2O2/c18-14(8-11-6-7-19-10-11)13-9-16-17-15(13)12-4-2-1-3-5-12/h1-7,9-10,14,18H,8H2,(H,16,17). The van der Waals surface area contributed by atoms with E-state index in [-0.39, 0.29) is 0 Å². The van der Waals surface area contributed by atoms with Crippen molar-refractivity contribution in [2.24, 2.45) is 0 Å². The van der Waals surface area contributed by atoms with Gasteiger partial charge in [0.2, 0.25) is 0 Å². The number of aliphatic hydroxyl groups excluding tert-OH is 1. The topological polar surface area (TPSA) is 62.1 Å². The van der Waals surface area contributed by atoms with Crippen LogP contribution in [0.5, 0.6) is 0 Å². The second-order valence-electron chi connectivity index (χ2n) is 4.42. The summed E-state index contributed by atoms with van der Waals surface area (Å²) in [6, 6.07) is 11.7. The maximum Gasteiger partial charge on any atom is 0.0935 e. The van der Waals surface area contributed by atoms with Gasteiger partial charge in [0, 0.05) is 12.0 Å². The molecule has 1 aromatic carbocycles. The number of H-pyrrole nitrogens is 1. The Balaban J connectivity index is 1.88. The number of aromatic amines is 1. The Bertz CT molecular complexity index is 629. The van der Waals surface area contributed by atoms with Gasteiger partial charge in [0.25, 0.3) is 0 Å². The zero-order valence-corrected chi connectivity index (χ0v) is 10.3. The van der Waals surface area contributed by atoms with Crippen LogP contribution in [0.25, 0.3) is 11.3 Å². The van der Waals surface area contributed by atoms with Crippen LogP contribution in [0.2, 0.25) is 0 Å². The monoisotopic (exact) mass is 254 g/mol. The van der Waals surface area contributed by atoms with Gasteiger partial charge in [-0.15, -0.1) is 0 Å². The molecule has 96 valence electrons. The van der Waals surface area contributed by atoms with Crippen molar-refractivity contribution < 1.29 is 9.52 Å². The molecule has 0 saturated heterocycles. The van der Waals surface area contributed by atoms with E-state index in [0.717, 1.165) is 22.4 Å². The summed E-state index contributed by atoms with van der Waals surface area (Å²) in [5, 5.41) is 17.3. The fourth-order valence-corrected chi connectivity index (χ4v) is 2.13. The lowest BCUT2D eigenvalue weighted by molar-refractivity contribution is 0.179. The third-order valence-electron chi connectivity index (χ3n) is 3.10. The van der Waals surface area contributed by atoms with E-state index >= 15 is 0 Å². The minimum atomic E-state index is -0.605. The molecule has 0 aliphatic heterocycles. The maximum absolute atomic E-state index is 10.3. The van der Waals surface area contributed by atoms with E-state index in [9.17, 15) is 5.11 Å². The number of benzene rings is 1. The largest absolute Gasteiger partial charge is 0.472 e. The van der Waals surface area contributed by atoms with Gasteiger partial charge in [0.05, 0.1) is 30.5 Å². The Labute approximate surface area is 110 Å². The summed E-state index contributed by atoms with van der Waals surface area (Å²) in [6.07, 6.45) is 4.83. The molecular formula is C15H14N2O2. The molecule has 1 unspecified atom stereocenters. The van der Waals surface area contributed by atoms with E-state index in [0.29, 0.717) is 6.42 Å². The molecule has 0 aliphatic carbocycles. The number of aliphatic hydroxyl groups is 1. The molecule has 4 nitrogen and oxygen atoms in total. The first-order chi connectivity index (χ1) is 9.34. The van der Waals surface area contributed by atoms with Crippen LogP contribution < -0.4 is 0 Å². The number of rotatable bonds is 4. The molecule has 2 aromatic heterocycles. The zero-order chi connectivity index (χ0) is 13.1. The molecule has 0 amide bonds. The van der Waals surface area contributed by atoms with Crippen molar-refractivity contribution in [1.82, 2.24) is 10.2 Å². The van der Waals surface area contributed by atoms with E-state index in [1.54, 1.807) is 18.7 Å². The van der Waals surface area contributed by atoms with Crippen molar-refractivity contribution in [1.29, 1.82) is 0 Å². The Morgan fingerprint density at radius 2 is 2.05 bits per heavy atom. The van der Waals surface area contributed by atoms with Crippen LogP contribution in [0.3, 0.4) is 0 Å². The number of hydrogen-bond acceptors (Lipinski definition) is 3. The summed E-state index contributed by atoms with van der Waals surface area (Å²) in [4.78, 5) is 0. The lowest BCUT2D eigenvalue weighted by Gasteiger charge is -2.10. The first kappa shape index (κ1) is 11.7. The lowest BCUT2D eigenvalue weighted by atomic mass is 10.0. The van der Waals surface area contributed by atoms with Gasteiger partial charge >= 0.3 is 0 Å². The predicted molar refractivity (Wildman–Crippen MR) is 71.4 cm³/mol. The highest BCUT2D eigenvalue weighted by Crippen LogP contribution is 2.27. The molecule has 3 aromatic rings. The molecule has 0 saturated carbocycles. The van der Waals surface area contributed by atoms with Gasteiger partial charge < -0.3 is 9.52 Å². The normalized spacial score (nSPS) is 12.5. The molecule has 2 heterocycles. The lowest BCUT2D eigenvalue weighted by Crippen LogP contribution is -2.01.